The maximum Gasteiger partial charge on any atom is 0.247 e. The first-order valence-corrected chi connectivity index (χ1v) is 8.34. The molecular formula is C17H22N6. The lowest BCUT2D eigenvalue weighted by atomic mass is 10.2. The summed E-state index contributed by atoms with van der Waals surface area (Å²) in [6.45, 7) is 4.96. The molecule has 1 saturated carbocycles. The quantitative estimate of drug-likeness (QED) is 0.908. The molecule has 1 saturated heterocycles. The van der Waals surface area contributed by atoms with Gasteiger partial charge in [-0.25, -0.2) is 0 Å². The standard InChI is InChI=1S/C17H22N6/c1-2-4-14(5-3-1)13-22-8-10-23(11-9-22)17-20-16(12-18-21-17)19-15-6-7-15/h1-5,12,15H,6-11,13H2,(H,19,20,21). The molecule has 1 aromatic carbocycles. The molecule has 0 unspecified atom stereocenters. The van der Waals surface area contributed by atoms with Gasteiger partial charge in [0, 0.05) is 38.8 Å². The average molecular weight is 310 g/mol. The van der Waals surface area contributed by atoms with E-state index in [2.05, 4.69) is 60.6 Å². The number of nitrogens with zero attached hydrogens (tertiary/aromatic N) is 5. The average Bonchev–Trinajstić information content (AvgIpc) is 3.41. The van der Waals surface area contributed by atoms with E-state index in [9.17, 15) is 0 Å². The Morgan fingerprint density at radius 1 is 1.04 bits per heavy atom. The van der Waals surface area contributed by atoms with Crippen LogP contribution in [0.2, 0.25) is 0 Å². The van der Waals surface area contributed by atoms with Gasteiger partial charge in [-0.15, -0.1) is 5.10 Å². The van der Waals surface area contributed by atoms with Crippen LogP contribution in [-0.4, -0.2) is 52.3 Å². The fraction of sp³-hybridized carbons (Fsp3) is 0.471. The highest BCUT2D eigenvalue weighted by atomic mass is 15.4. The van der Waals surface area contributed by atoms with Crippen LogP contribution in [0.15, 0.2) is 36.5 Å². The molecule has 1 aromatic heterocycles. The molecule has 2 aliphatic rings. The Morgan fingerprint density at radius 3 is 2.57 bits per heavy atom. The molecular weight excluding hydrogens is 288 g/mol. The summed E-state index contributed by atoms with van der Waals surface area (Å²) in [6, 6.07) is 11.2. The molecule has 1 aliphatic carbocycles. The zero-order valence-electron chi connectivity index (χ0n) is 13.2. The summed E-state index contributed by atoms with van der Waals surface area (Å²) in [6.07, 6.45) is 4.18. The lowest BCUT2D eigenvalue weighted by Gasteiger charge is -2.34. The van der Waals surface area contributed by atoms with Crippen LogP contribution in [0.25, 0.3) is 0 Å². The van der Waals surface area contributed by atoms with Crippen LogP contribution in [0.4, 0.5) is 11.8 Å². The summed E-state index contributed by atoms with van der Waals surface area (Å²) in [5, 5.41) is 11.7. The van der Waals surface area contributed by atoms with E-state index in [-0.39, 0.29) is 0 Å². The maximum absolute atomic E-state index is 4.61. The Balaban J connectivity index is 1.34. The minimum Gasteiger partial charge on any atom is -0.366 e. The van der Waals surface area contributed by atoms with Gasteiger partial charge in [-0.3, -0.25) is 4.90 Å². The van der Waals surface area contributed by atoms with Gasteiger partial charge in [0.15, 0.2) is 5.82 Å². The van der Waals surface area contributed by atoms with Crippen LogP contribution in [-0.2, 0) is 6.54 Å². The van der Waals surface area contributed by atoms with Crippen LogP contribution in [0.1, 0.15) is 18.4 Å². The molecule has 23 heavy (non-hydrogen) atoms. The minimum absolute atomic E-state index is 0.585. The van der Waals surface area contributed by atoms with Crippen LogP contribution >= 0.6 is 0 Å². The van der Waals surface area contributed by atoms with E-state index in [1.165, 1.54) is 18.4 Å². The second kappa shape index (κ2) is 6.50. The number of nitrogens with one attached hydrogen (secondary N) is 1. The summed E-state index contributed by atoms with van der Waals surface area (Å²) in [5.41, 5.74) is 1.37. The van der Waals surface area contributed by atoms with E-state index < -0.39 is 0 Å². The molecule has 1 aliphatic heterocycles. The molecule has 2 heterocycles. The highest BCUT2D eigenvalue weighted by molar-refractivity contribution is 5.40. The number of aromatic nitrogens is 3. The summed E-state index contributed by atoms with van der Waals surface area (Å²) in [7, 11) is 0. The molecule has 2 aromatic rings. The largest absolute Gasteiger partial charge is 0.366 e. The van der Waals surface area contributed by atoms with Crippen molar-refractivity contribution in [1.29, 1.82) is 0 Å². The van der Waals surface area contributed by atoms with Gasteiger partial charge >= 0.3 is 0 Å². The van der Waals surface area contributed by atoms with E-state index in [0.717, 1.165) is 44.5 Å². The predicted molar refractivity (Wildman–Crippen MR) is 90.4 cm³/mol. The topological polar surface area (TPSA) is 57.2 Å². The van der Waals surface area contributed by atoms with Crippen molar-refractivity contribution in [2.45, 2.75) is 25.4 Å². The van der Waals surface area contributed by atoms with Crippen LogP contribution in [0.5, 0.6) is 0 Å². The summed E-state index contributed by atoms with van der Waals surface area (Å²) in [5.74, 6) is 1.60. The number of hydrogen-bond donors (Lipinski definition) is 1. The first kappa shape index (κ1) is 14.4. The fourth-order valence-corrected chi connectivity index (χ4v) is 2.88. The Kier molecular flexibility index (Phi) is 4.06. The smallest absolute Gasteiger partial charge is 0.247 e. The van der Waals surface area contributed by atoms with E-state index in [1.807, 2.05) is 0 Å². The lowest BCUT2D eigenvalue weighted by molar-refractivity contribution is 0.248. The van der Waals surface area contributed by atoms with Gasteiger partial charge in [-0.2, -0.15) is 10.1 Å². The Hall–Kier alpha value is -2.21. The van der Waals surface area contributed by atoms with Crippen molar-refractivity contribution in [3.63, 3.8) is 0 Å². The van der Waals surface area contributed by atoms with Gasteiger partial charge in [0.05, 0.1) is 6.20 Å². The number of benzene rings is 1. The van der Waals surface area contributed by atoms with Gasteiger partial charge in [0.25, 0.3) is 0 Å². The number of hydrogen-bond acceptors (Lipinski definition) is 6. The van der Waals surface area contributed by atoms with Gasteiger partial charge in [-0.05, 0) is 18.4 Å². The molecule has 120 valence electrons. The summed E-state index contributed by atoms with van der Waals surface area (Å²) < 4.78 is 0. The minimum atomic E-state index is 0.585. The first-order valence-electron chi connectivity index (χ1n) is 8.34. The molecule has 0 radical (unpaired) electrons. The van der Waals surface area contributed by atoms with Crippen LogP contribution < -0.4 is 10.2 Å². The summed E-state index contributed by atoms with van der Waals surface area (Å²) >= 11 is 0. The van der Waals surface area contributed by atoms with Crippen molar-refractivity contribution >= 4 is 11.8 Å². The molecule has 1 N–H and O–H groups in total. The van der Waals surface area contributed by atoms with E-state index in [4.69, 9.17) is 0 Å². The molecule has 0 amide bonds. The molecule has 2 fully saturated rings. The van der Waals surface area contributed by atoms with E-state index in [1.54, 1.807) is 6.20 Å². The SMILES string of the molecule is c1ccc(CN2CCN(c3nncc(NC4CC4)n3)CC2)cc1. The second-order valence-corrected chi connectivity index (χ2v) is 6.31. The normalized spacial score (nSPS) is 18.9. The number of rotatable bonds is 5. The third kappa shape index (κ3) is 3.76. The van der Waals surface area contributed by atoms with Gasteiger partial charge in [-0.1, -0.05) is 30.3 Å². The zero-order chi connectivity index (χ0) is 15.5. The van der Waals surface area contributed by atoms with Crippen molar-refractivity contribution in [1.82, 2.24) is 20.1 Å². The van der Waals surface area contributed by atoms with Gasteiger partial charge < -0.3 is 10.2 Å². The van der Waals surface area contributed by atoms with Crippen LogP contribution in [0, 0.1) is 0 Å². The molecule has 6 heteroatoms. The zero-order valence-corrected chi connectivity index (χ0v) is 13.2. The highest BCUT2D eigenvalue weighted by Crippen LogP contribution is 2.24. The summed E-state index contributed by atoms with van der Waals surface area (Å²) in [4.78, 5) is 9.31. The first-order chi connectivity index (χ1) is 11.4. The second-order valence-electron chi connectivity index (χ2n) is 6.31. The monoisotopic (exact) mass is 310 g/mol. The van der Waals surface area contributed by atoms with Gasteiger partial charge in [0.2, 0.25) is 5.95 Å². The van der Waals surface area contributed by atoms with Crippen molar-refractivity contribution in [3.8, 4) is 0 Å². The van der Waals surface area contributed by atoms with Crippen molar-refractivity contribution in [2.24, 2.45) is 0 Å². The number of piperazine rings is 1. The molecule has 4 rings (SSSR count). The number of anilines is 2. The Morgan fingerprint density at radius 2 is 1.83 bits per heavy atom. The lowest BCUT2D eigenvalue weighted by Crippen LogP contribution is -2.46. The molecule has 0 spiro atoms. The molecule has 0 atom stereocenters. The van der Waals surface area contributed by atoms with E-state index >= 15 is 0 Å². The fourth-order valence-electron chi connectivity index (χ4n) is 2.88. The van der Waals surface area contributed by atoms with Crippen molar-refractivity contribution in [3.05, 3.63) is 42.1 Å². The Labute approximate surface area is 136 Å². The molecule has 0 bridgehead atoms. The van der Waals surface area contributed by atoms with Crippen molar-refractivity contribution < 1.29 is 0 Å². The van der Waals surface area contributed by atoms with E-state index in [0.29, 0.717) is 6.04 Å². The third-order valence-electron chi connectivity index (χ3n) is 4.38. The van der Waals surface area contributed by atoms with Crippen LogP contribution in [0.3, 0.4) is 0 Å². The van der Waals surface area contributed by atoms with Gasteiger partial charge in [0.1, 0.15) is 0 Å². The molecule has 6 nitrogen and oxygen atoms in total. The maximum atomic E-state index is 4.61. The van der Waals surface area contributed by atoms with Crippen molar-refractivity contribution in [2.75, 3.05) is 36.4 Å². The highest BCUT2D eigenvalue weighted by Gasteiger charge is 2.23. The third-order valence-corrected chi connectivity index (χ3v) is 4.38. The Bertz CT molecular complexity index is 635. The predicted octanol–water partition coefficient (Wildman–Crippen LogP) is 1.77.